The van der Waals surface area contributed by atoms with Crippen LogP contribution in [0.3, 0.4) is 0 Å². The van der Waals surface area contributed by atoms with E-state index >= 15 is 0 Å². The van der Waals surface area contributed by atoms with Crippen LogP contribution < -0.4 is 10.6 Å². The lowest BCUT2D eigenvalue weighted by atomic mass is 10.1. The maximum Gasteiger partial charge on any atom is 0.338 e. The van der Waals surface area contributed by atoms with Gasteiger partial charge in [0.1, 0.15) is 5.82 Å². The molecule has 0 aliphatic heterocycles. The number of hydrogen-bond donors (Lipinski definition) is 2. The Labute approximate surface area is 172 Å². The van der Waals surface area contributed by atoms with Gasteiger partial charge in [-0.25, -0.2) is 9.18 Å². The van der Waals surface area contributed by atoms with Gasteiger partial charge in [-0.05, 0) is 48.9 Å². The summed E-state index contributed by atoms with van der Waals surface area (Å²) in [6.07, 6.45) is 0. The Morgan fingerprint density at radius 1 is 0.900 bits per heavy atom. The Morgan fingerprint density at radius 2 is 1.60 bits per heavy atom. The molecule has 7 heteroatoms. The van der Waals surface area contributed by atoms with Gasteiger partial charge in [0.2, 0.25) is 0 Å². The molecule has 0 aromatic heterocycles. The number of esters is 1. The third-order valence-electron chi connectivity index (χ3n) is 4.22. The number of para-hydroxylation sites is 2. The third kappa shape index (κ3) is 5.29. The number of benzene rings is 3. The van der Waals surface area contributed by atoms with Crippen molar-refractivity contribution in [3.8, 4) is 0 Å². The minimum absolute atomic E-state index is 0.00791. The maximum atomic E-state index is 13.6. The highest BCUT2D eigenvalue weighted by atomic mass is 19.1. The van der Waals surface area contributed by atoms with Gasteiger partial charge in [-0.15, -0.1) is 0 Å². The van der Waals surface area contributed by atoms with Gasteiger partial charge in [-0.2, -0.15) is 0 Å². The number of ether oxygens (including phenoxy) is 1. The van der Waals surface area contributed by atoms with Crippen LogP contribution in [-0.2, 0) is 9.53 Å². The minimum Gasteiger partial charge on any atom is -0.452 e. The van der Waals surface area contributed by atoms with E-state index in [0.717, 1.165) is 6.07 Å². The number of amides is 2. The molecule has 0 radical (unpaired) electrons. The largest absolute Gasteiger partial charge is 0.452 e. The molecular weight excluding hydrogens is 387 g/mol. The standard InChI is InChI=1S/C23H19FN2O4/c1-15-11-12-16(13-19(15)24)23(29)30-14-21(27)26-20-10-6-5-9-18(20)22(28)25-17-7-3-2-4-8-17/h2-13H,14H2,1H3,(H,25,28)(H,26,27). The van der Waals surface area contributed by atoms with Crippen LogP contribution in [0, 0.1) is 12.7 Å². The monoisotopic (exact) mass is 406 g/mol. The zero-order valence-corrected chi connectivity index (χ0v) is 16.1. The van der Waals surface area contributed by atoms with Crippen LogP contribution in [0.15, 0.2) is 72.8 Å². The van der Waals surface area contributed by atoms with E-state index in [-0.39, 0.29) is 16.8 Å². The average Bonchev–Trinajstić information content (AvgIpc) is 2.75. The first-order chi connectivity index (χ1) is 14.4. The zero-order chi connectivity index (χ0) is 21.5. The molecule has 0 unspecified atom stereocenters. The van der Waals surface area contributed by atoms with E-state index in [0.29, 0.717) is 11.3 Å². The zero-order valence-electron chi connectivity index (χ0n) is 16.1. The number of nitrogens with one attached hydrogen (secondary N) is 2. The summed E-state index contributed by atoms with van der Waals surface area (Å²) in [5.74, 6) is -2.38. The summed E-state index contributed by atoms with van der Waals surface area (Å²) in [5.41, 5.74) is 1.54. The molecule has 0 atom stereocenters. The summed E-state index contributed by atoms with van der Waals surface area (Å²) >= 11 is 0. The molecule has 30 heavy (non-hydrogen) atoms. The van der Waals surface area contributed by atoms with Crippen LogP contribution >= 0.6 is 0 Å². The first-order valence-electron chi connectivity index (χ1n) is 9.12. The molecule has 0 saturated carbocycles. The van der Waals surface area contributed by atoms with E-state index in [1.54, 1.807) is 55.5 Å². The molecule has 0 aliphatic rings. The van der Waals surface area contributed by atoms with Crippen LogP contribution in [0.5, 0.6) is 0 Å². The van der Waals surface area contributed by atoms with E-state index in [4.69, 9.17) is 4.74 Å². The molecule has 3 aromatic carbocycles. The molecule has 0 aliphatic carbocycles. The normalized spacial score (nSPS) is 10.2. The summed E-state index contributed by atoms with van der Waals surface area (Å²) in [4.78, 5) is 36.8. The summed E-state index contributed by atoms with van der Waals surface area (Å²) < 4.78 is 18.5. The molecule has 0 bridgehead atoms. The number of carbonyl (C=O) groups is 3. The van der Waals surface area contributed by atoms with Crippen molar-refractivity contribution in [2.24, 2.45) is 0 Å². The first kappa shape index (κ1) is 20.7. The van der Waals surface area contributed by atoms with E-state index in [1.165, 1.54) is 12.1 Å². The van der Waals surface area contributed by atoms with Crippen molar-refractivity contribution >= 4 is 29.2 Å². The van der Waals surface area contributed by atoms with Gasteiger partial charge in [-0.1, -0.05) is 36.4 Å². The molecule has 0 heterocycles. The van der Waals surface area contributed by atoms with Crippen molar-refractivity contribution in [3.05, 3.63) is 95.3 Å². The van der Waals surface area contributed by atoms with Gasteiger partial charge < -0.3 is 15.4 Å². The molecule has 152 valence electrons. The highest BCUT2D eigenvalue weighted by molar-refractivity contribution is 6.10. The van der Waals surface area contributed by atoms with Crippen molar-refractivity contribution in [2.75, 3.05) is 17.2 Å². The molecule has 2 amide bonds. The van der Waals surface area contributed by atoms with Gasteiger partial charge in [0, 0.05) is 5.69 Å². The molecule has 3 rings (SSSR count). The third-order valence-corrected chi connectivity index (χ3v) is 4.22. The van der Waals surface area contributed by atoms with Crippen molar-refractivity contribution in [1.29, 1.82) is 0 Å². The summed E-state index contributed by atoms with van der Waals surface area (Å²) in [5, 5.41) is 5.30. The predicted molar refractivity (Wildman–Crippen MR) is 111 cm³/mol. The Morgan fingerprint density at radius 3 is 2.33 bits per heavy atom. The number of carbonyl (C=O) groups excluding carboxylic acids is 3. The number of hydrogen-bond acceptors (Lipinski definition) is 4. The molecule has 0 fully saturated rings. The van der Waals surface area contributed by atoms with Gasteiger partial charge in [-0.3, -0.25) is 9.59 Å². The fraction of sp³-hybridized carbons (Fsp3) is 0.0870. The molecule has 6 nitrogen and oxygen atoms in total. The lowest BCUT2D eigenvalue weighted by Gasteiger charge is -2.12. The van der Waals surface area contributed by atoms with Crippen molar-refractivity contribution < 1.29 is 23.5 Å². The topological polar surface area (TPSA) is 84.5 Å². The van der Waals surface area contributed by atoms with Crippen LogP contribution in [0.2, 0.25) is 0 Å². The first-order valence-corrected chi connectivity index (χ1v) is 9.12. The van der Waals surface area contributed by atoms with Crippen molar-refractivity contribution in [2.45, 2.75) is 6.92 Å². The maximum absolute atomic E-state index is 13.6. The molecule has 0 spiro atoms. The van der Waals surface area contributed by atoms with Gasteiger partial charge in [0.25, 0.3) is 11.8 Å². The van der Waals surface area contributed by atoms with Crippen LogP contribution in [0.1, 0.15) is 26.3 Å². The fourth-order valence-electron chi connectivity index (χ4n) is 2.63. The van der Waals surface area contributed by atoms with Gasteiger partial charge in [0.15, 0.2) is 6.61 Å². The number of aryl methyl sites for hydroxylation is 1. The summed E-state index contributed by atoms with van der Waals surface area (Å²) in [7, 11) is 0. The van der Waals surface area contributed by atoms with Crippen molar-refractivity contribution in [1.82, 2.24) is 0 Å². The Balaban J connectivity index is 1.62. The lowest BCUT2D eigenvalue weighted by molar-refractivity contribution is -0.119. The predicted octanol–water partition coefficient (Wildman–Crippen LogP) is 4.18. The molecular formula is C23H19FN2O4. The van der Waals surface area contributed by atoms with Gasteiger partial charge >= 0.3 is 5.97 Å². The van der Waals surface area contributed by atoms with E-state index in [1.807, 2.05) is 6.07 Å². The molecule has 2 N–H and O–H groups in total. The van der Waals surface area contributed by atoms with E-state index in [9.17, 15) is 18.8 Å². The van der Waals surface area contributed by atoms with Gasteiger partial charge in [0.05, 0.1) is 16.8 Å². The number of halogens is 1. The Kier molecular flexibility index (Phi) is 6.54. The highest BCUT2D eigenvalue weighted by Crippen LogP contribution is 2.17. The second-order valence-corrected chi connectivity index (χ2v) is 6.45. The fourth-order valence-corrected chi connectivity index (χ4v) is 2.63. The number of rotatable bonds is 6. The van der Waals surface area contributed by atoms with E-state index < -0.39 is 30.2 Å². The van der Waals surface area contributed by atoms with Crippen LogP contribution in [-0.4, -0.2) is 24.4 Å². The minimum atomic E-state index is -0.820. The summed E-state index contributed by atoms with van der Waals surface area (Å²) in [6, 6.07) is 19.3. The SMILES string of the molecule is Cc1ccc(C(=O)OCC(=O)Nc2ccccc2C(=O)Nc2ccccc2)cc1F. The van der Waals surface area contributed by atoms with E-state index in [2.05, 4.69) is 10.6 Å². The highest BCUT2D eigenvalue weighted by Gasteiger charge is 2.15. The molecule has 0 saturated heterocycles. The van der Waals surface area contributed by atoms with Crippen molar-refractivity contribution in [3.63, 3.8) is 0 Å². The average molecular weight is 406 g/mol. The number of anilines is 2. The second kappa shape index (κ2) is 9.47. The van der Waals surface area contributed by atoms with Crippen LogP contribution in [0.25, 0.3) is 0 Å². The quantitative estimate of drug-likeness (QED) is 0.602. The Hall–Kier alpha value is -4.00. The second-order valence-electron chi connectivity index (χ2n) is 6.45. The lowest BCUT2D eigenvalue weighted by Crippen LogP contribution is -2.23. The van der Waals surface area contributed by atoms with Crippen LogP contribution in [0.4, 0.5) is 15.8 Å². The smallest absolute Gasteiger partial charge is 0.338 e. The summed E-state index contributed by atoms with van der Waals surface area (Å²) in [6.45, 7) is 0.992. The molecule has 3 aromatic rings. The Bertz CT molecular complexity index is 1080.